The molecule has 7 heteroatoms. The Hall–Kier alpha value is -2.54. The van der Waals surface area contributed by atoms with Crippen LogP contribution >= 0.6 is 11.8 Å². The van der Waals surface area contributed by atoms with Crippen LogP contribution in [0.25, 0.3) is 0 Å². The van der Waals surface area contributed by atoms with E-state index in [1.165, 1.54) is 36.0 Å². The topological polar surface area (TPSA) is 52.7 Å². The highest BCUT2D eigenvalue weighted by Gasteiger charge is 2.63. The van der Waals surface area contributed by atoms with Gasteiger partial charge in [0.1, 0.15) is 5.82 Å². The smallest absolute Gasteiger partial charge is 0.309 e. The molecule has 4 rings (SSSR count). The van der Waals surface area contributed by atoms with Gasteiger partial charge in [-0.05, 0) is 51.1 Å². The molecule has 2 heterocycles. The zero-order valence-electron chi connectivity index (χ0n) is 16.0. The van der Waals surface area contributed by atoms with E-state index in [4.69, 9.17) is 0 Å². The van der Waals surface area contributed by atoms with Crippen molar-refractivity contribution in [1.29, 1.82) is 0 Å². The van der Waals surface area contributed by atoms with Crippen LogP contribution in [0.5, 0.6) is 0 Å². The molecular formula is C21H22FN3O2S. The standard InChI is InChI=1S/C21H22FN3O2S/c1-4-24-17-8-6-5-7-16(17)21(18(24)26)25(13-20(2,3)28-21)19(27)23-15-11-9-14(22)10-12-15/h5-12H,4,13H2,1-3H3,(H,23,27). The van der Waals surface area contributed by atoms with E-state index < -0.39 is 4.87 Å². The van der Waals surface area contributed by atoms with E-state index >= 15 is 0 Å². The van der Waals surface area contributed by atoms with Gasteiger partial charge in [-0.2, -0.15) is 0 Å². The number of benzene rings is 2. The van der Waals surface area contributed by atoms with Gasteiger partial charge in [0.05, 0.1) is 5.69 Å². The maximum Gasteiger partial charge on any atom is 0.323 e. The highest BCUT2D eigenvalue weighted by atomic mass is 32.2. The minimum Gasteiger partial charge on any atom is -0.309 e. The van der Waals surface area contributed by atoms with Crippen molar-refractivity contribution in [1.82, 2.24) is 4.90 Å². The van der Waals surface area contributed by atoms with E-state index in [0.29, 0.717) is 18.8 Å². The number of carbonyl (C=O) groups excluding carboxylic acids is 2. The molecule has 0 saturated carbocycles. The molecule has 1 fully saturated rings. The summed E-state index contributed by atoms with van der Waals surface area (Å²) in [6.45, 7) is 6.96. The van der Waals surface area contributed by atoms with Crippen molar-refractivity contribution in [2.45, 2.75) is 30.4 Å². The maximum absolute atomic E-state index is 13.6. The fraction of sp³-hybridized carbons (Fsp3) is 0.333. The Balaban J connectivity index is 1.77. The summed E-state index contributed by atoms with van der Waals surface area (Å²) in [5, 5.41) is 2.82. The van der Waals surface area contributed by atoms with Gasteiger partial charge in [-0.25, -0.2) is 9.18 Å². The molecule has 28 heavy (non-hydrogen) atoms. The molecule has 2 aromatic rings. The lowest BCUT2D eigenvalue weighted by Gasteiger charge is -2.33. The van der Waals surface area contributed by atoms with Crippen LogP contribution in [-0.2, 0) is 9.67 Å². The molecule has 2 aliphatic rings. The van der Waals surface area contributed by atoms with Gasteiger partial charge in [-0.1, -0.05) is 18.2 Å². The minimum atomic E-state index is -1.10. The van der Waals surface area contributed by atoms with Crippen LogP contribution in [0.15, 0.2) is 48.5 Å². The molecule has 2 aromatic carbocycles. The Kier molecular flexibility index (Phi) is 4.38. The van der Waals surface area contributed by atoms with Crippen LogP contribution in [0.3, 0.4) is 0 Å². The van der Waals surface area contributed by atoms with Crippen molar-refractivity contribution in [3.05, 3.63) is 59.9 Å². The Morgan fingerprint density at radius 3 is 2.54 bits per heavy atom. The van der Waals surface area contributed by atoms with Gasteiger partial charge in [0, 0.05) is 29.1 Å². The first kappa shape index (κ1) is 18.8. The molecule has 1 saturated heterocycles. The number of anilines is 2. The van der Waals surface area contributed by atoms with Crippen LogP contribution in [0, 0.1) is 5.82 Å². The van der Waals surface area contributed by atoms with E-state index in [1.54, 1.807) is 9.80 Å². The molecule has 1 unspecified atom stereocenters. The normalized spacial score (nSPS) is 22.6. The average Bonchev–Trinajstić information content (AvgIpc) is 3.09. The van der Waals surface area contributed by atoms with Crippen molar-refractivity contribution in [3.8, 4) is 0 Å². The lowest BCUT2D eigenvalue weighted by molar-refractivity contribution is -0.123. The fourth-order valence-corrected chi connectivity index (χ4v) is 5.73. The number of likely N-dealkylation sites (N-methyl/N-ethyl adjacent to an activating group) is 1. The van der Waals surface area contributed by atoms with Gasteiger partial charge < -0.3 is 10.2 Å². The summed E-state index contributed by atoms with van der Waals surface area (Å²) in [4.78, 5) is 29.1. The van der Waals surface area contributed by atoms with Gasteiger partial charge in [-0.3, -0.25) is 9.69 Å². The number of hydrogen-bond donors (Lipinski definition) is 1. The highest BCUT2D eigenvalue weighted by Crippen LogP contribution is 2.59. The number of carbonyl (C=O) groups is 2. The quantitative estimate of drug-likeness (QED) is 0.814. The van der Waals surface area contributed by atoms with E-state index in [0.717, 1.165) is 11.3 Å². The predicted octanol–water partition coefficient (Wildman–Crippen LogP) is 4.40. The molecular weight excluding hydrogens is 377 g/mol. The van der Waals surface area contributed by atoms with Gasteiger partial charge in [0.2, 0.25) is 0 Å². The maximum atomic E-state index is 13.6. The predicted molar refractivity (Wildman–Crippen MR) is 110 cm³/mol. The van der Waals surface area contributed by atoms with Crippen LogP contribution in [-0.4, -0.2) is 34.7 Å². The summed E-state index contributed by atoms with van der Waals surface area (Å²) in [6, 6.07) is 12.9. The number of nitrogens with zero attached hydrogens (tertiary/aromatic N) is 2. The number of rotatable bonds is 2. The monoisotopic (exact) mass is 399 g/mol. The number of thioether (sulfide) groups is 1. The van der Waals surface area contributed by atoms with Gasteiger partial charge >= 0.3 is 6.03 Å². The van der Waals surface area contributed by atoms with Crippen molar-refractivity contribution in [3.63, 3.8) is 0 Å². The SMILES string of the molecule is CCN1C(=O)C2(SC(C)(C)CN2C(=O)Nc2ccc(F)cc2)c2ccccc21. The zero-order chi connectivity index (χ0) is 20.1. The van der Waals surface area contributed by atoms with Crippen molar-refractivity contribution < 1.29 is 14.0 Å². The van der Waals surface area contributed by atoms with Gasteiger partial charge in [0.25, 0.3) is 5.91 Å². The van der Waals surface area contributed by atoms with Crippen molar-refractivity contribution in [2.75, 3.05) is 23.3 Å². The Morgan fingerprint density at radius 1 is 1.18 bits per heavy atom. The lowest BCUT2D eigenvalue weighted by atomic mass is 10.1. The minimum absolute atomic E-state index is 0.0963. The number of fused-ring (bicyclic) bond motifs is 2. The van der Waals surface area contributed by atoms with Crippen LogP contribution in [0.1, 0.15) is 26.3 Å². The van der Waals surface area contributed by atoms with E-state index in [9.17, 15) is 14.0 Å². The molecule has 0 radical (unpaired) electrons. The van der Waals surface area contributed by atoms with Crippen LogP contribution < -0.4 is 10.2 Å². The molecule has 0 bridgehead atoms. The second kappa shape index (κ2) is 6.51. The van der Waals surface area contributed by atoms with Gasteiger partial charge in [-0.15, -0.1) is 11.8 Å². The first-order valence-corrected chi connectivity index (χ1v) is 10.1. The van der Waals surface area contributed by atoms with E-state index in [-0.39, 0.29) is 22.5 Å². The lowest BCUT2D eigenvalue weighted by Crippen LogP contribution is -2.51. The molecule has 3 amide bonds. The van der Waals surface area contributed by atoms with E-state index in [2.05, 4.69) is 5.32 Å². The Labute approximate surface area is 167 Å². The number of para-hydroxylation sites is 1. The molecule has 146 valence electrons. The number of amides is 3. The molecule has 0 aliphatic carbocycles. The average molecular weight is 399 g/mol. The molecule has 1 N–H and O–H groups in total. The molecule has 1 spiro atoms. The van der Waals surface area contributed by atoms with E-state index in [1.807, 2.05) is 45.0 Å². The van der Waals surface area contributed by atoms with Crippen molar-refractivity contribution in [2.24, 2.45) is 0 Å². The zero-order valence-corrected chi connectivity index (χ0v) is 16.8. The molecule has 0 aromatic heterocycles. The first-order chi connectivity index (χ1) is 13.3. The van der Waals surface area contributed by atoms with Crippen LogP contribution in [0.2, 0.25) is 0 Å². The third kappa shape index (κ3) is 2.76. The molecule has 2 aliphatic heterocycles. The summed E-state index contributed by atoms with van der Waals surface area (Å²) >= 11 is 1.51. The summed E-state index contributed by atoms with van der Waals surface area (Å²) in [5.41, 5.74) is 2.17. The first-order valence-electron chi connectivity index (χ1n) is 9.24. The number of hydrogen-bond acceptors (Lipinski definition) is 3. The fourth-order valence-electron chi connectivity index (χ4n) is 3.99. The number of nitrogens with one attached hydrogen (secondary N) is 1. The Bertz CT molecular complexity index is 947. The third-order valence-electron chi connectivity index (χ3n) is 5.09. The summed E-state index contributed by atoms with van der Waals surface area (Å²) in [7, 11) is 0. The Morgan fingerprint density at radius 2 is 1.86 bits per heavy atom. The highest BCUT2D eigenvalue weighted by molar-refractivity contribution is 8.02. The molecule has 1 atom stereocenters. The van der Waals surface area contributed by atoms with Crippen LogP contribution in [0.4, 0.5) is 20.6 Å². The second-order valence-electron chi connectivity index (χ2n) is 7.60. The summed E-state index contributed by atoms with van der Waals surface area (Å²) in [5.74, 6) is -0.466. The van der Waals surface area contributed by atoms with Crippen molar-refractivity contribution >= 4 is 35.1 Å². The second-order valence-corrected chi connectivity index (χ2v) is 9.50. The number of urea groups is 1. The summed E-state index contributed by atoms with van der Waals surface area (Å²) in [6.07, 6.45) is 0. The van der Waals surface area contributed by atoms with Gasteiger partial charge in [0.15, 0.2) is 4.87 Å². The summed E-state index contributed by atoms with van der Waals surface area (Å²) < 4.78 is 12.9. The third-order valence-corrected chi connectivity index (χ3v) is 6.69. The largest absolute Gasteiger partial charge is 0.323 e. The number of halogens is 1. The molecule has 5 nitrogen and oxygen atoms in total.